The monoisotopic (exact) mass is 311 g/mol. The zero-order chi connectivity index (χ0) is 15.1. The number of carbonyl (C=O) groups is 1. The number of benzene rings is 1. The second kappa shape index (κ2) is 8.22. The number of hydrogen-bond donors (Lipinski definition) is 1. The summed E-state index contributed by atoms with van der Waals surface area (Å²) in [6, 6.07) is 7.89. The van der Waals surface area contributed by atoms with Gasteiger partial charge in [-0.15, -0.1) is 0 Å². The molecular weight excluding hydrogens is 290 g/mol. The first-order chi connectivity index (χ1) is 10.2. The molecule has 1 fully saturated rings. The van der Waals surface area contributed by atoms with Crippen LogP contribution < -0.4 is 10.2 Å². The number of amides is 1. The second-order valence-corrected chi connectivity index (χ2v) is 5.52. The van der Waals surface area contributed by atoms with Crippen molar-refractivity contribution in [1.82, 2.24) is 10.2 Å². The number of ether oxygens (including phenoxy) is 1. The van der Waals surface area contributed by atoms with Crippen LogP contribution in [0.5, 0.6) is 0 Å². The summed E-state index contributed by atoms with van der Waals surface area (Å²) in [4.78, 5) is 16.2. The second-order valence-electron chi connectivity index (χ2n) is 5.08. The molecule has 1 heterocycles. The molecule has 0 radical (unpaired) electrons. The fourth-order valence-corrected chi connectivity index (χ4v) is 2.49. The van der Waals surface area contributed by atoms with Crippen molar-refractivity contribution in [2.75, 3.05) is 57.9 Å². The highest BCUT2D eigenvalue weighted by atomic mass is 35.5. The Morgan fingerprint density at radius 3 is 2.52 bits per heavy atom. The maximum Gasteiger partial charge on any atom is 0.234 e. The topological polar surface area (TPSA) is 44.8 Å². The van der Waals surface area contributed by atoms with Crippen molar-refractivity contribution >= 4 is 23.2 Å². The van der Waals surface area contributed by atoms with Gasteiger partial charge in [0.15, 0.2) is 0 Å². The Bertz CT molecular complexity index is 445. The van der Waals surface area contributed by atoms with Crippen molar-refractivity contribution in [3.63, 3.8) is 0 Å². The predicted octanol–water partition coefficient (Wildman–Crippen LogP) is 1.22. The molecule has 0 aromatic heterocycles. The molecule has 0 saturated carbocycles. The maximum absolute atomic E-state index is 11.7. The molecule has 1 aromatic carbocycles. The van der Waals surface area contributed by atoms with E-state index in [0.29, 0.717) is 19.7 Å². The Morgan fingerprint density at radius 1 is 1.24 bits per heavy atom. The van der Waals surface area contributed by atoms with E-state index in [1.165, 1.54) is 5.69 Å². The lowest BCUT2D eigenvalue weighted by atomic mass is 10.2. The minimum absolute atomic E-state index is 0.0620. The van der Waals surface area contributed by atoms with Crippen LogP contribution in [0, 0.1) is 0 Å². The van der Waals surface area contributed by atoms with Crippen LogP contribution in [0.3, 0.4) is 0 Å². The standard InChI is InChI=1S/C15H22ClN3O2/c1-21-11-6-17-15(20)12-18-7-9-19(10-8-18)14-4-2-13(16)3-5-14/h2-5H,6-12H2,1H3,(H,17,20). The third-order valence-electron chi connectivity index (χ3n) is 3.56. The summed E-state index contributed by atoms with van der Waals surface area (Å²) in [6.07, 6.45) is 0. The fraction of sp³-hybridized carbons (Fsp3) is 0.533. The van der Waals surface area contributed by atoms with Crippen molar-refractivity contribution in [2.24, 2.45) is 0 Å². The zero-order valence-electron chi connectivity index (χ0n) is 12.3. The smallest absolute Gasteiger partial charge is 0.234 e. The molecule has 0 unspecified atom stereocenters. The van der Waals surface area contributed by atoms with Gasteiger partial charge in [-0.1, -0.05) is 11.6 Å². The molecule has 0 spiro atoms. The lowest BCUT2D eigenvalue weighted by Crippen LogP contribution is -2.49. The number of hydrogen-bond acceptors (Lipinski definition) is 4. The molecule has 1 aromatic rings. The van der Waals surface area contributed by atoms with Gasteiger partial charge in [-0.05, 0) is 24.3 Å². The van der Waals surface area contributed by atoms with Crippen LogP contribution in [-0.4, -0.2) is 63.8 Å². The average Bonchev–Trinajstić information content (AvgIpc) is 2.49. The molecule has 0 aliphatic carbocycles. The highest BCUT2D eigenvalue weighted by molar-refractivity contribution is 6.30. The first-order valence-electron chi connectivity index (χ1n) is 7.17. The zero-order valence-corrected chi connectivity index (χ0v) is 13.1. The van der Waals surface area contributed by atoms with Gasteiger partial charge in [0.1, 0.15) is 0 Å². The molecule has 1 N–H and O–H groups in total. The molecule has 5 nitrogen and oxygen atoms in total. The van der Waals surface area contributed by atoms with Crippen LogP contribution >= 0.6 is 11.6 Å². The molecular formula is C15H22ClN3O2. The Labute approximate surface area is 130 Å². The number of anilines is 1. The van der Waals surface area contributed by atoms with E-state index < -0.39 is 0 Å². The van der Waals surface area contributed by atoms with Crippen LogP contribution in [0.15, 0.2) is 24.3 Å². The highest BCUT2D eigenvalue weighted by Gasteiger charge is 2.18. The number of halogens is 1. The summed E-state index contributed by atoms with van der Waals surface area (Å²) in [7, 11) is 1.63. The van der Waals surface area contributed by atoms with Gasteiger partial charge in [0.2, 0.25) is 5.91 Å². The first-order valence-corrected chi connectivity index (χ1v) is 7.55. The molecule has 1 saturated heterocycles. The molecule has 2 rings (SSSR count). The number of nitrogens with one attached hydrogen (secondary N) is 1. The van der Waals surface area contributed by atoms with Crippen LogP contribution in [0.2, 0.25) is 5.02 Å². The molecule has 0 bridgehead atoms. The van der Waals surface area contributed by atoms with E-state index in [0.717, 1.165) is 31.2 Å². The molecule has 1 amide bonds. The van der Waals surface area contributed by atoms with Crippen molar-refractivity contribution in [1.29, 1.82) is 0 Å². The van der Waals surface area contributed by atoms with Gasteiger partial charge in [0.05, 0.1) is 13.2 Å². The van der Waals surface area contributed by atoms with Crippen molar-refractivity contribution in [3.05, 3.63) is 29.3 Å². The van der Waals surface area contributed by atoms with E-state index in [1.54, 1.807) is 7.11 Å². The van der Waals surface area contributed by atoms with Crippen LogP contribution in [0.25, 0.3) is 0 Å². The Balaban J connectivity index is 1.73. The molecule has 21 heavy (non-hydrogen) atoms. The largest absolute Gasteiger partial charge is 0.383 e. The first kappa shape index (κ1) is 16.1. The minimum atomic E-state index is 0.0620. The van der Waals surface area contributed by atoms with E-state index in [9.17, 15) is 4.79 Å². The maximum atomic E-state index is 11.7. The lowest BCUT2D eigenvalue weighted by molar-refractivity contribution is -0.122. The minimum Gasteiger partial charge on any atom is -0.383 e. The van der Waals surface area contributed by atoms with Crippen LogP contribution in [0.4, 0.5) is 5.69 Å². The van der Waals surface area contributed by atoms with Crippen molar-refractivity contribution < 1.29 is 9.53 Å². The number of piperazine rings is 1. The normalized spacial score (nSPS) is 16.0. The highest BCUT2D eigenvalue weighted by Crippen LogP contribution is 2.19. The summed E-state index contributed by atoms with van der Waals surface area (Å²) in [5.74, 6) is 0.0620. The third-order valence-corrected chi connectivity index (χ3v) is 3.81. The van der Waals surface area contributed by atoms with Gasteiger partial charge in [-0.25, -0.2) is 0 Å². The van der Waals surface area contributed by atoms with Gasteiger partial charge >= 0.3 is 0 Å². The Hall–Kier alpha value is -1.30. The predicted molar refractivity (Wildman–Crippen MR) is 85.0 cm³/mol. The molecule has 0 atom stereocenters. The number of methoxy groups -OCH3 is 1. The third kappa shape index (κ3) is 5.19. The summed E-state index contributed by atoms with van der Waals surface area (Å²) >= 11 is 5.90. The summed E-state index contributed by atoms with van der Waals surface area (Å²) in [5, 5.41) is 3.60. The number of nitrogens with zero attached hydrogens (tertiary/aromatic N) is 2. The SMILES string of the molecule is COCCNC(=O)CN1CCN(c2ccc(Cl)cc2)CC1. The molecule has 1 aliphatic heterocycles. The summed E-state index contributed by atoms with van der Waals surface area (Å²) < 4.78 is 4.91. The van der Waals surface area contributed by atoms with Gasteiger partial charge in [0, 0.05) is 50.5 Å². The molecule has 6 heteroatoms. The van der Waals surface area contributed by atoms with Crippen molar-refractivity contribution in [2.45, 2.75) is 0 Å². The number of carbonyl (C=O) groups excluding carboxylic acids is 1. The number of rotatable bonds is 6. The Kier molecular flexibility index (Phi) is 6.29. The lowest BCUT2D eigenvalue weighted by Gasteiger charge is -2.35. The van der Waals surface area contributed by atoms with Crippen molar-refractivity contribution in [3.8, 4) is 0 Å². The van der Waals surface area contributed by atoms with E-state index in [1.807, 2.05) is 24.3 Å². The van der Waals surface area contributed by atoms with E-state index >= 15 is 0 Å². The van der Waals surface area contributed by atoms with Crippen LogP contribution in [0.1, 0.15) is 0 Å². The fourth-order valence-electron chi connectivity index (χ4n) is 2.37. The molecule has 116 valence electrons. The summed E-state index contributed by atoms with van der Waals surface area (Å²) in [6.45, 7) is 5.20. The summed E-state index contributed by atoms with van der Waals surface area (Å²) in [5.41, 5.74) is 1.18. The van der Waals surface area contributed by atoms with E-state index in [2.05, 4.69) is 15.1 Å². The average molecular weight is 312 g/mol. The van der Waals surface area contributed by atoms with Gasteiger partial charge in [0.25, 0.3) is 0 Å². The van der Waals surface area contributed by atoms with Gasteiger partial charge in [-0.3, -0.25) is 9.69 Å². The molecule has 1 aliphatic rings. The van der Waals surface area contributed by atoms with Crippen LogP contribution in [-0.2, 0) is 9.53 Å². The van der Waals surface area contributed by atoms with E-state index in [4.69, 9.17) is 16.3 Å². The van der Waals surface area contributed by atoms with E-state index in [-0.39, 0.29) is 5.91 Å². The van der Waals surface area contributed by atoms with Gasteiger partial charge in [-0.2, -0.15) is 0 Å². The quantitative estimate of drug-likeness (QED) is 0.803. The Morgan fingerprint density at radius 2 is 1.90 bits per heavy atom. The van der Waals surface area contributed by atoms with Gasteiger partial charge < -0.3 is 15.0 Å².